The van der Waals surface area contributed by atoms with Crippen LogP contribution in [-0.2, 0) is 22.4 Å². The van der Waals surface area contributed by atoms with E-state index in [2.05, 4.69) is 61.0 Å². The van der Waals surface area contributed by atoms with Gasteiger partial charge in [0.25, 0.3) is 5.91 Å². The predicted molar refractivity (Wildman–Crippen MR) is 157 cm³/mol. The highest BCUT2D eigenvalue weighted by Crippen LogP contribution is 2.27. The van der Waals surface area contributed by atoms with E-state index in [0.29, 0.717) is 42.5 Å². The maximum absolute atomic E-state index is 13.1. The highest BCUT2D eigenvalue weighted by atomic mass is 79.9. The Morgan fingerprint density at radius 3 is 2.73 bits per heavy atom. The lowest BCUT2D eigenvalue weighted by atomic mass is 10.0. The molecule has 2 heterocycles. The van der Waals surface area contributed by atoms with E-state index in [4.69, 9.17) is 4.74 Å². The zero-order valence-corrected chi connectivity index (χ0v) is 23.8. The summed E-state index contributed by atoms with van der Waals surface area (Å²) in [5, 5.41) is 12.8. The Bertz CT molecular complexity index is 1510. The number of aromatic hydroxyl groups is 1. The van der Waals surface area contributed by atoms with Crippen molar-refractivity contribution >= 4 is 51.4 Å². The number of nitrogens with zero attached hydrogens (tertiary/aromatic N) is 4. The van der Waals surface area contributed by atoms with Crippen molar-refractivity contribution in [2.24, 2.45) is 9.98 Å². The molecule has 41 heavy (non-hydrogen) atoms. The van der Waals surface area contributed by atoms with Crippen molar-refractivity contribution in [3.05, 3.63) is 82.3 Å². The lowest BCUT2D eigenvalue weighted by Crippen LogP contribution is -2.50. The summed E-state index contributed by atoms with van der Waals surface area (Å²) >= 11 is 3.25. The first-order valence-corrected chi connectivity index (χ1v) is 13.8. The number of piperidine rings is 1. The van der Waals surface area contributed by atoms with E-state index >= 15 is 0 Å². The monoisotopic (exact) mass is 617 g/mol. The number of hydrogen-bond acceptors (Lipinski definition) is 6. The predicted octanol–water partition coefficient (Wildman–Crippen LogP) is 4.63. The number of likely N-dealkylation sites (tertiary alicyclic amines) is 1. The minimum Gasteiger partial charge on any atom is -0.507 e. The highest BCUT2D eigenvalue weighted by Gasteiger charge is 2.33. The summed E-state index contributed by atoms with van der Waals surface area (Å²) in [6.07, 6.45) is 1.25. The molecular formula is C30H28BrN5O5. The van der Waals surface area contributed by atoms with Crippen LogP contribution in [0.2, 0.25) is 0 Å². The minimum absolute atomic E-state index is 0.0237. The second-order valence-electron chi connectivity index (χ2n) is 9.36. The fraction of sp³-hybridized carbons (Fsp3) is 0.300. The normalized spacial score (nSPS) is 15.4. The SMILES string of the molecule is C=C=C=CN=C=C=NC(=O)[C@@H](Cc1ccc(O)c(Br)c1)OC(=O)N1CCC(N2CCc3ccccc3NC2=O)CC1. The molecular weight excluding hydrogens is 590 g/mol. The highest BCUT2D eigenvalue weighted by molar-refractivity contribution is 9.10. The van der Waals surface area contributed by atoms with E-state index < -0.39 is 18.1 Å². The van der Waals surface area contributed by atoms with Crippen LogP contribution in [0.15, 0.2) is 81.2 Å². The number of urea groups is 1. The van der Waals surface area contributed by atoms with Gasteiger partial charge in [0.2, 0.25) is 0 Å². The summed E-state index contributed by atoms with van der Waals surface area (Å²) in [5.74, 6) is 3.90. The van der Waals surface area contributed by atoms with Crippen LogP contribution < -0.4 is 5.32 Å². The van der Waals surface area contributed by atoms with Crippen molar-refractivity contribution in [1.82, 2.24) is 9.80 Å². The molecule has 0 unspecified atom stereocenters. The van der Waals surface area contributed by atoms with Crippen LogP contribution in [0.25, 0.3) is 0 Å². The number of fused-ring (bicyclic) bond motifs is 1. The number of anilines is 1. The van der Waals surface area contributed by atoms with E-state index in [-0.39, 0.29) is 24.2 Å². The molecule has 4 amide bonds. The number of rotatable bonds is 6. The van der Waals surface area contributed by atoms with Crippen LogP contribution in [0.5, 0.6) is 5.75 Å². The van der Waals surface area contributed by atoms with Crippen LogP contribution in [0.3, 0.4) is 0 Å². The van der Waals surface area contributed by atoms with Crippen molar-refractivity contribution in [2.45, 2.75) is 37.8 Å². The third kappa shape index (κ3) is 7.96. The maximum atomic E-state index is 13.1. The summed E-state index contributed by atoms with van der Waals surface area (Å²) in [6, 6.07) is 12.3. The average molecular weight is 618 g/mol. The van der Waals surface area contributed by atoms with Gasteiger partial charge in [0.1, 0.15) is 5.75 Å². The van der Waals surface area contributed by atoms with E-state index in [9.17, 15) is 19.5 Å². The number of hydrogen-bond donors (Lipinski definition) is 2. The van der Waals surface area contributed by atoms with E-state index in [1.165, 1.54) is 17.2 Å². The number of phenolic OH excluding ortho intramolecular Hbond substituents is 1. The molecule has 210 valence electrons. The Morgan fingerprint density at radius 1 is 1.20 bits per heavy atom. The number of halogens is 1. The molecule has 1 saturated heterocycles. The van der Waals surface area contributed by atoms with E-state index in [1.54, 1.807) is 12.1 Å². The van der Waals surface area contributed by atoms with Crippen LogP contribution in [0, 0.1) is 0 Å². The Kier molecular flexibility index (Phi) is 10.1. The second kappa shape index (κ2) is 14.1. The summed E-state index contributed by atoms with van der Waals surface area (Å²) in [6.45, 7) is 4.67. The number of phenols is 1. The number of aliphatic imine (C=N–C) groups is 2. The van der Waals surface area contributed by atoms with Crippen molar-refractivity contribution < 1.29 is 24.2 Å². The molecule has 10 nitrogen and oxygen atoms in total. The second-order valence-corrected chi connectivity index (χ2v) is 10.2. The number of amides is 4. The Morgan fingerprint density at radius 2 is 1.98 bits per heavy atom. The molecule has 2 aromatic rings. The Hall–Kier alpha value is -4.61. The molecule has 11 heteroatoms. The molecule has 0 radical (unpaired) electrons. The molecule has 4 rings (SSSR count). The van der Waals surface area contributed by atoms with Crippen molar-refractivity contribution in [3.63, 3.8) is 0 Å². The molecule has 0 bridgehead atoms. The standard InChI is InChI=1S/C30H28BrN5O5/c1-2-3-13-32-14-15-33-28(38)27(20-21-8-9-26(37)24(31)19-21)41-30(40)35-16-11-23(12-17-35)36-18-10-22-6-4-5-7-25(22)34-29(36)39/h4-9,13,19,23,27,37H,1,10-12,16-18,20H2,(H,34,39)/t27-/m1/s1. The first-order chi connectivity index (χ1) is 19.9. The number of ether oxygens (including phenoxy) is 1. The number of para-hydroxylation sites is 1. The Balaban J connectivity index is 1.41. The van der Waals surface area contributed by atoms with E-state index in [0.717, 1.165) is 17.7 Å². The quantitative estimate of drug-likeness (QED) is 0.361. The minimum atomic E-state index is -1.25. The lowest BCUT2D eigenvalue weighted by Gasteiger charge is -2.37. The average Bonchev–Trinajstić information content (AvgIpc) is 3.14. The van der Waals surface area contributed by atoms with Gasteiger partial charge in [-0.1, -0.05) is 30.0 Å². The first-order valence-electron chi connectivity index (χ1n) is 13.0. The van der Waals surface area contributed by atoms with Crippen LogP contribution in [-0.4, -0.2) is 76.5 Å². The lowest BCUT2D eigenvalue weighted by molar-refractivity contribution is -0.126. The van der Waals surface area contributed by atoms with E-state index in [1.807, 2.05) is 29.2 Å². The molecule has 1 fully saturated rings. The summed E-state index contributed by atoms with van der Waals surface area (Å²) in [7, 11) is 0. The molecule has 2 aliphatic rings. The summed E-state index contributed by atoms with van der Waals surface area (Å²) in [4.78, 5) is 49.6. The third-order valence-electron chi connectivity index (χ3n) is 6.77. The molecule has 1 atom stereocenters. The topological polar surface area (TPSA) is 124 Å². The molecule has 0 spiro atoms. The van der Waals surface area contributed by atoms with Gasteiger partial charge in [-0.05, 0) is 76.8 Å². The van der Waals surface area contributed by atoms with Gasteiger partial charge in [0.05, 0.1) is 22.4 Å². The Labute approximate surface area is 245 Å². The van der Waals surface area contributed by atoms with Gasteiger partial charge in [-0.25, -0.2) is 9.59 Å². The van der Waals surface area contributed by atoms with Crippen LogP contribution in [0.4, 0.5) is 15.3 Å². The van der Waals surface area contributed by atoms with Gasteiger partial charge in [-0.15, -0.1) is 0 Å². The van der Waals surface area contributed by atoms with Crippen LogP contribution >= 0.6 is 15.9 Å². The third-order valence-corrected chi connectivity index (χ3v) is 7.40. The molecule has 0 aliphatic carbocycles. The van der Waals surface area contributed by atoms with Gasteiger partial charge >= 0.3 is 12.1 Å². The smallest absolute Gasteiger partial charge is 0.410 e. The summed E-state index contributed by atoms with van der Waals surface area (Å²) in [5.41, 5.74) is 7.43. The molecule has 2 aromatic carbocycles. The fourth-order valence-electron chi connectivity index (χ4n) is 4.66. The summed E-state index contributed by atoms with van der Waals surface area (Å²) < 4.78 is 6.06. The van der Waals surface area contributed by atoms with Gasteiger partial charge in [-0.3, -0.25) is 4.79 Å². The van der Waals surface area contributed by atoms with Crippen LogP contribution in [0.1, 0.15) is 24.0 Å². The fourth-order valence-corrected chi connectivity index (χ4v) is 5.08. The first kappa shape index (κ1) is 29.4. The van der Waals surface area contributed by atoms with Gasteiger partial charge in [0.15, 0.2) is 6.10 Å². The number of carbonyl (C=O) groups is 3. The molecule has 2 N–H and O–H groups in total. The number of nitrogens with one attached hydrogen (secondary N) is 1. The zero-order valence-electron chi connectivity index (χ0n) is 22.2. The van der Waals surface area contributed by atoms with Gasteiger partial charge in [0, 0.05) is 37.8 Å². The molecule has 2 aliphatic heterocycles. The zero-order chi connectivity index (χ0) is 29.2. The van der Waals surface area contributed by atoms with Gasteiger partial charge < -0.3 is 25.0 Å². The maximum Gasteiger partial charge on any atom is 0.410 e. The molecule has 0 saturated carbocycles. The largest absolute Gasteiger partial charge is 0.507 e. The molecule has 0 aromatic heterocycles. The van der Waals surface area contributed by atoms with Crippen molar-refractivity contribution in [1.29, 1.82) is 0 Å². The number of benzene rings is 2. The number of carbonyl (C=O) groups excluding carboxylic acids is 3. The van der Waals surface area contributed by atoms with Crippen molar-refractivity contribution in [3.8, 4) is 5.75 Å². The van der Waals surface area contributed by atoms with Crippen molar-refractivity contribution in [2.75, 3.05) is 25.0 Å². The van der Waals surface area contributed by atoms with Gasteiger partial charge in [-0.2, -0.15) is 9.98 Å².